The number of ether oxygens (including phenoxy) is 1. The third-order valence-corrected chi connectivity index (χ3v) is 6.72. The van der Waals surface area contributed by atoms with E-state index in [1.54, 1.807) is 37.3 Å². The standard InChI is InChI=1S/C25H20F2N4O3S2/c1-14-8-19(22(26)27)29-23(18(14)11-28)36-13-16-9-15(5-6-21(16)33-2)10-20-24(32)31(25(35)30-20)12-17-4-3-7-34-17/h3-10,22H,12-13H2,1-2H3,(H,30,35)/b20-10+. The monoisotopic (exact) mass is 526 g/mol. The number of nitrogens with one attached hydrogen (secondary N) is 1. The van der Waals surface area contributed by atoms with Crippen molar-refractivity contribution in [3.8, 4) is 11.8 Å². The lowest BCUT2D eigenvalue weighted by Crippen LogP contribution is -2.29. The van der Waals surface area contributed by atoms with E-state index in [1.807, 2.05) is 12.1 Å². The summed E-state index contributed by atoms with van der Waals surface area (Å²) in [6, 6.07) is 12.1. The van der Waals surface area contributed by atoms with Crippen LogP contribution in [-0.2, 0) is 17.1 Å². The van der Waals surface area contributed by atoms with E-state index in [2.05, 4.69) is 10.3 Å². The van der Waals surface area contributed by atoms with Crippen molar-refractivity contribution in [2.24, 2.45) is 0 Å². The topological polar surface area (TPSA) is 91.4 Å². The molecule has 184 valence electrons. The molecule has 0 radical (unpaired) electrons. The maximum Gasteiger partial charge on any atom is 0.280 e. The summed E-state index contributed by atoms with van der Waals surface area (Å²) in [5.74, 6) is 1.20. The summed E-state index contributed by atoms with van der Waals surface area (Å²) in [6.07, 6.45) is 0.459. The van der Waals surface area contributed by atoms with Crippen LogP contribution in [0.25, 0.3) is 6.08 Å². The fourth-order valence-electron chi connectivity index (χ4n) is 3.61. The number of hydrogen-bond donors (Lipinski definition) is 1. The van der Waals surface area contributed by atoms with Gasteiger partial charge in [-0.2, -0.15) is 5.26 Å². The van der Waals surface area contributed by atoms with E-state index in [4.69, 9.17) is 21.4 Å². The van der Waals surface area contributed by atoms with Crippen LogP contribution in [0, 0.1) is 18.3 Å². The molecular weight excluding hydrogens is 506 g/mol. The maximum atomic E-state index is 13.3. The van der Waals surface area contributed by atoms with E-state index in [0.29, 0.717) is 34.1 Å². The van der Waals surface area contributed by atoms with Gasteiger partial charge >= 0.3 is 0 Å². The molecule has 2 aromatic heterocycles. The third kappa shape index (κ3) is 5.40. The number of aromatic nitrogens is 1. The minimum atomic E-state index is -2.74. The first kappa shape index (κ1) is 25.3. The third-order valence-electron chi connectivity index (χ3n) is 5.37. The Morgan fingerprint density at radius 3 is 2.83 bits per heavy atom. The van der Waals surface area contributed by atoms with Crippen LogP contribution in [0.1, 0.15) is 40.1 Å². The van der Waals surface area contributed by atoms with Gasteiger partial charge in [-0.15, -0.1) is 11.8 Å². The van der Waals surface area contributed by atoms with E-state index < -0.39 is 6.43 Å². The number of thiocarbonyl (C=S) groups is 1. The van der Waals surface area contributed by atoms with Crippen LogP contribution >= 0.6 is 24.0 Å². The number of carbonyl (C=O) groups is 1. The normalized spacial score (nSPS) is 14.4. The Balaban J connectivity index is 1.57. The molecule has 1 N–H and O–H groups in total. The first-order chi connectivity index (χ1) is 17.3. The van der Waals surface area contributed by atoms with Crippen LogP contribution in [0.4, 0.5) is 8.78 Å². The van der Waals surface area contributed by atoms with Crippen LogP contribution in [0.15, 0.2) is 57.8 Å². The zero-order valence-corrected chi connectivity index (χ0v) is 20.9. The van der Waals surface area contributed by atoms with Crippen molar-refractivity contribution in [1.82, 2.24) is 15.2 Å². The Hall–Kier alpha value is -3.75. The predicted octanol–water partition coefficient (Wildman–Crippen LogP) is 5.35. The van der Waals surface area contributed by atoms with Gasteiger partial charge in [-0.05, 0) is 66.7 Å². The van der Waals surface area contributed by atoms with Gasteiger partial charge in [0.05, 0.1) is 25.5 Å². The zero-order valence-electron chi connectivity index (χ0n) is 19.2. The predicted molar refractivity (Wildman–Crippen MR) is 134 cm³/mol. The molecule has 0 saturated carbocycles. The number of amides is 1. The van der Waals surface area contributed by atoms with Gasteiger partial charge < -0.3 is 14.5 Å². The number of nitrogens with zero attached hydrogens (tertiary/aromatic N) is 3. The van der Waals surface area contributed by atoms with E-state index in [0.717, 1.165) is 5.56 Å². The summed E-state index contributed by atoms with van der Waals surface area (Å²) in [4.78, 5) is 18.3. The summed E-state index contributed by atoms with van der Waals surface area (Å²) >= 11 is 6.47. The smallest absolute Gasteiger partial charge is 0.280 e. The highest BCUT2D eigenvalue weighted by atomic mass is 32.2. The van der Waals surface area contributed by atoms with Crippen molar-refractivity contribution in [1.29, 1.82) is 5.26 Å². The van der Waals surface area contributed by atoms with E-state index in [1.165, 1.54) is 36.1 Å². The Morgan fingerprint density at radius 1 is 1.36 bits per heavy atom. The molecule has 1 fully saturated rings. The maximum absolute atomic E-state index is 13.3. The highest BCUT2D eigenvalue weighted by Crippen LogP contribution is 2.33. The highest BCUT2D eigenvalue weighted by Gasteiger charge is 2.31. The molecule has 7 nitrogen and oxygen atoms in total. The molecule has 4 rings (SSSR count). The largest absolute Gasteiger partial charge is 0.496 e. The number of pyridine rings is 1. The van der Waals surface area contributed by atoms with Crippen LogP contribution in [0.3, 0.4) is 0 Å². The molecule has 0 aliphatic carbocycles. The van der Waals surface area contributed by atoms with Gasteiger partial charge in [0, 0.05) is 11.3 Å². The number of carbonyl (C=O) groups excluding carboxylic acids is 1. The Morgan fingerprint density at radius 2 is 2.17 bits per heavy atom. The number of rotatable bonds is 8. The zero-order chi connectivity index (χ0) is 25.8. The van der Waals surface area contributed by atoms with Crippen molar-refractivity contribution < 1.29 is 22.7 Å². The van der Waals surface area contributed by atoms with Crippen LogP contribution in [0.5, 0.6) is 5.75 Å². The van der Waals surface area contributed by atoms with Gasteiger partial charge in [-0.25, -0.2) is 13.8 Å². The molecule has 36 heavy (non-hydrogen) atoms. The van der Waals surface area contributed by atoms with E-state index in [-0.39, 0.29) is 33.8 Å². The van der Waals surface area contributed by atoms with E-state index >= 15 is 0 Å². The average Bonchev–Trinajstić information content (AvgIpc) is 3.46. The van der Waals surface area contributed by atoms with Crippen molar-refractivity contribution in [2.75, 3.05) is 7.11 Å². The van der Waals surface area contributed by atoms with Gasteiger partial charge in [0.1, 0.15) is 34.0 Å². The summed E-state index contributed by atoms with van der Waals surface area (Å²) in [6.45, 7) is 1.82. The molecule has 1 amide bonds. The molecule has 3 heterocycles. The van der Waals surface area contributed by atoms with Gasteiger partial charge in [0.15, 0.2) is 5.11 Å². The minimum Gasteiger partial charge on any atom is -0.496 e. The second kappa shape index (κ2) is 10.9. The lowest BCUT2D eigenvalue weighted by Gasteiger charge is -2.12. The highest BCUT2D eigenvalue weighted by molar-refractivity contribution is 7.98. The Bertz CT molecular complexity index is 1380. The minimum absolute atomic E-state index is 0.213. The van der Waals surface area contributed by atoms with Crippen molar-refractivity contribution in [3.05, 3.63) is 82.1 Å². The number of methoxy groups -OCH3 is 1. The number of thioether (sulfide) groups is 1. The summed E-state index contributed by atoms with van der Waals surface area (Å²) in [5, 5.41) is 12.9. The molecule has 0 unspecified atom stereocenters. The average molecular weight is 527 g/mol. The molecule has 1 aromatic carbocycles. The fourth-order valence-corrected chi connectivity index (χ4v) is 4.90. The number of furan rings is 1. The number of benzene rings is 1. The second-order valence-electron chi connectivity index (χ2n) is 7.78. The van der Waals surface area contributed by atoms with Gasteiger partial charge in [0.25, 0.3) is 12.3 Å². The lowest BCUT2D eigenvalue weighted by molar-refractivity contribution is -0.122. The van der Waals surface area contributed by atoms with Crippen LogP contribution in [0.2, 0.25) is 0 Å². The molecular formula is C25H20F2N4O3S2. The number of alkyl halides is 2. The molecule has 0 bridgehead atoms. The first-order valence-electron chi connectivity index (χ1n) is 10.7. The SMILES string of the molecule is COc1ccc(/C=C2/NC(=S)N(Cc3ccco3)C2=O)cc1CSc1nc(C(F)F)cc(C)c1C#N. The molecule has 0 atom stereocenters. The molecule has 0 spiro atoms. The number of halogens is 2. The Kier molecular flexibility index (Phi) is 7.67. The Labute approximate surface area is 215 Å². The van der Waals surface area contributed by atoms with Crippen LogP contribution < -0.4 is 10.1 Å². The number of aryl methyl sites for hydroxylation is 1. The van der Waals surface area contributed by atoms with Crippen molar-refractivity contribution >= 4 is 41.1 Å². The summed E-state index contributed by atoms with van der Waals surface area (Å²) in [7, 11) is 1.52. The van der Waals surface area contributed by atoms with Crippen molar-refractivity contribution in [3.63, 3.8) is 0 Å². The second-order valence-corrected chi connectivity index (χ2v) is 9.13. The molecule has 1 aliphatic rings. The van der Waals surface area contributed by atoms with Gasteiger partial charge in [-0.3, -0.25) is 9.69 Å². The van der Waals surface area contributed by atoms with Crippen molar-refractivity contribution in [2.45, 2.75) is 30.7 Å². The van der Waals surface area contributed by atoms with Gasteiger partial charge in [-0.1, -0.05) is 6.07 Å². The molecule has 3 aromatic rings. The summed E-state index contributed by atoms with van der Waals surface area (Å²) < 4.78 is 37.3. The lowest BCUT2D eigenvalue weighted by atomic mass is 10.1. The molecule has 11 heteroatoms. The number of nitriles is 1. The van der Waals surface area contributed by atoms with E-state index in [9.17, 15) is 18.8 Å². The van der Waals surface area contributed by atoms with Crippen LogP contribution in [-0.4, -0.2) is 28.0 Å². The molecule has 1 saturated heterocycles. The fraction of sp³-hybridized carbons (Fsp3) is 0.200. The quantitative estimate of drug-likeness (QED) is 0.239. The number of hydrogen-bond acceptors (Lipinski definition) is 7. The van der Waals surface area contributed by atoms with Gasteiger partial charge in [0.2, 0.25) is 0 Å². The first-order valence-corrected chi connectivity index (χ1v) is 12.1. The molecule has 1 aliphatic heterocycles. The summed E-state index contributed by atoms with van der Waals surface area (Å²) in [5.41, 5.74) is 2.08.